The lowest BCUT2D eigenvalue weighted by molar-refractivity contribution is -0.120. The van der Waals surface area contributed by atoms with E-state index in [-0.39, 0.29) is 17.9 Å². The van der Waals surface area contributed by atoms with Crippen LogP contribution in [0.2, 0.25) is 0 Å². The average Bonchev–Trinajstić information content (AvgIpc) is 2.74. The van der Waals surface area contributed by atoms with Crippen LogP contribution in [0, 0.1) is 5.92 Å². The van der Waals surface area contributed by atoms with Crippen LogP contribution < -0.4 is 21.5 Å². The number of amides is 4. The summed E-state index contributed by atoms with van der Waals surface area (Å²) in [7, 11) is 0. The summed E-state index contributed by atoms with van der Waals surface area (Å²) < 4.78 is 0. The first-order valence-electron chi connectivity index (χ1n) is 10.4. The van der Waals surface area contributed by atoms with Gasteiger partial charge in [0.2, 0.25) is 5.91 Å². The zero-order chi connectivity index (χ0) is 19.8. The Labute approximate surface area is 166 Å². The van der Waals surface area contributed by atoms with E-state index in [2.05, 4.69) is 21.5 Å². The molecular weight excluding hydrogens is 356 g/mol. The van der Waals surface area contributed by atoms with Crippen LogP contribution >= 0.6 is 0 Å². The minimum absolute atomic E-state index is 0.0537. The normalized spacial score (nSPS) is 18.1. The molecule has 2 aliphatic carbocycles. The maximum atomic E-state index is 12.3. The molecule has 2 fully saturated rings. The summed E-state index contributed by atoms with van der Waals surface area (Å²) in [4.78, 5) is 36.4. The topological polar surface area (TPSA) is 99.3 Å². The van der Waals surface area contributed by atoms with Crippen LogP contribution in [0.25, 0.3) is 0 Å². The van der Waals surface area contributed by atoms with Crippen LogP contribution in [0.4, 0.5) is 10.5 Å². The number of hydrazine groups is 1. The molecular formula is C21H30N4O3. The molecule has 0 aliphatic heterocycles. The minimum atomic E-state index is -0.399. The van der Waals surface area contributed by atoms with Crippen molar-refractivity contribution >= 4 is 23.5 Å². The van der Waals surface area contributed by atoms with Gasteiger partial charge in [0.05, 0.1) is 0 Å². The van der Waals surface area contributed by atoms with E-state index in [4.69, 9.17) is 0 Å². The molecule has 152 valence electrons. The van der Waals surface area contributed by atoms with Crippen LogP contribution in [0.15, 0.2) is 24.3 Å². The summed E-state index contributed by atoms with van der Waals surface area (Å²) in [5.41, 5.74) is 5.90. The number of carbonyl (C=O) groups excluding carboxylic acids is 3. The Morgan fingerprint density at radius 1 is 0.750 bits per heavy atom. The van der Waals surface area contributed by atoms with Gasteiger partial charge in [-0.25, -0.2) is 10.2 Å². The van der Waals surface area contributed by atoms with Gasteiger partial charge in [-0.1, -0.05) is 38.5 Å². The molecule has 3 rings (SSSR count). The van der Waals surface area contributed by atoms with Crippen molar-refractivity contribution in [3.63, 3.8) is 0 Å². The molecule has 0 heterocycles. The van der Waals surface area contributed by atoms with Gasteiger partial charge >= 0.3 is 6.03 Å². The quantitative estimate of drug-likeness (QED) is 0.596. The van der Waals surface area contributed by atoms with Gasteiger partial charge in [0, 0.05) is 23.2 Å². The van der Waals surface area contributed by atoms with Crippen molar-refractivity contribution in [3.05, 3.63) is 29.8 Å². The molecule has 0 radical (unpaired) electrons. The van der Waals surface area contributed by atoms with E-state index < -0.39 is 11.9 Å². The zero-order valence-corrected chi connectivity index (χ0v) is 16.3. The van der Waals surface area contributed by atoms with Crippen molar-refractivity contribution in [2.75, 3.05) is 5.32 Å². The molecule has 1 aromatic carbocycles. The highest BCUT2D eigenvalue weighted by molar-refractivity contribution is 5.97. The second-order valence-electron chi connectivity index (χ2n) is 7.79. The fourth-order valence-electron chi connectivity index (χ4n) is 3.97. The number of hydrogen-bond acceptors (Lipinski definition) is 3. The van der Waals surface area contributed by atoms with Crippen LogP contribution in [0.3, 0.4) is 0 Å². The summed E-state index contributed by atoms with van der Waals surface area (Å²) in [6.07, 6.45) is 10.7. The molecule has 0 unspecified atom stereocenters. The fourth-order valence-corrected chi connectivity index (χ4v) is 3.97. The summed E-state index contributed by atoms with van der Waals surface area (Å²) in [5, 5.41) is 5.80. The first kappa shape index (κ1) is 20.2. The largest absolute Gasteiger partial charge is 0.334 e. The van der Waals surface area contributed by atoms with E-state index in [1.54, 1.807) is 24.3 Å². The van der Waals surface area contributed by atoms with Gasteiger partial charge in [-0.05, 0) is 49.9 Å². The lowest BCUT2D eigenvalue weighted by atomic mass is 9.88. The lowest BCUT2D eigenvalue weighted by Crippen LogP contribution is -2.50. The second kappa shape index (κ2) is 10.1. The number of urea groups is 1. The molecule has 4 N–H and O–H groups in total. The SMILES string of the molecule is O=C(NNC(=O)c1ccc(NC(=O)C2CCCCC2)cc1)NC1CCCCC1. The predicted molar refractivity (Wildman–Crippen MR) is 108 cm³/mol. The Morgan fingerprint density at radius 3 is 2.00 bits per heavy atom. The molecule has 2 saturated carbocycles. The Balaban J connectivity index is 1.42. The third-order valence-electron chi connectivity index (χ3n) is 5.62. The third kappa shape index (κ3) is 5.97. The van der Waals surface area contributed by atoms with E-state index in [0.29, 0.717) is 11.3 Å². The lowest BCUT2D eigenvalue weighted by Gasteiger charge is -2.22. The van der Waals surface area contributed by atoms with Crippen molar-refractivity contribution in [2.45, 2.75) is 70.3 Å². The summed E-state index contributed by atoms with van der Waals surface area (Å²) >= 11 is 0. The zero-order valence-electron chi connectivity index (χ0n) is 16.3. The number of benzene rings is 1. The van der Waals surface area contributed by atoms with Gasteiger partial charge in [-0.2, -0.15) is 0 Å². The summed E-state index contributed by atoms with van der Waals surface area (Å²) in [6, 6.07) is 6.46. The predicted octanol–water partition coefficient (Wildman–Crippen LogP) is 3.48. The highest BCUT2D eigenvalue weighted by Crippen LogP contribution is 2.25. The van der Waals surface area contributed by atoms with Crippen LogP contribution in [-0.2, 0) is 4.79 Å². The molecule has 2 aliphatic rings. The average molecular weight is 386 g/mol. The van der Waals surface area contributed by atoms with Crippen LogP contribution in [0.5, 0.6) is 0 Å². The fraction of sp³-hybridized carbons (Fsp3) is 0.571. The van der Waals surface area contributed by atoms with Crippen molar-refractivity contribution in [3.8, 4) is 0 Å². The smallest absolute Gasteiger partial charge is 0.333 e. The Bertz CT molecular complexity index is 677. The van der Waals surface area contributed by atoms with Crippen molar-refractivity contribution in [1.82, 2.24) is 16.2 Å². The van der Waals surface area contributed by atoms with Gasteiger partial charge in [0.25, 0.3) is 5.91 Å². The maximum absolute atomic E-state index is 12.3. The van der Waals surface area contributed by atoms with Crippen molar-refractivity contribution in [1.29, 1.82) is 0 Å². The first-order chi connectivity index (χ1) is 13.6. The maximum Gasteiger partial charge on any atom is 0.333 e. The molecule has 0 saturated heterocycles. The third-order valence-corrected chi connectivity index (χ3v) is 5.62. The number of carbonyl (C=O) groups is 3. The molecule has 7 heteroatoms. The van der Waals surface area contributed by atoms with E-state index in [0.717, 1.165) is 51.4 Å². The molecule has 0 bridgehead atoms. The minimum Gasteiger partial charge on any atom is -0.334 e. The Hall–Kier alpha value is -2.57. The Kier molecular flexibility index (Phi) is 7.28. The Morgan fingerprint density at radius 2 is 1.36 bits per heavy atom. The van der Waals surface area contributed by atoms with Crippen molar-refractivity contribution in [2.24, 2.45) is 5.92 Å². The van der Waals surface area contributed by atoms with E-state index >= 15 is 0 Å². The van der Waals surface area contributed by atoms with E-state index in [9.17, 15) is 14.4 Å². The van der Waals surface area contributed by atoms with Crippen LogP contribution in [0.1, 0.15) is 74.6 Å². The number of rotatable bonds is 4. The highest BCUT2D eigenvalue weighted by Gasteiger charge is 2.21. The molecule has 1 aromatic rings. The number of hydrogen-bond donors (Lipinski definition) is 4. The van der Waals surface area contributed by atoms with Gasteiger partial charge < -0.3 is 10.6 Å². The van der Waals surface area contributed by atoms with Crippen LogP contribution in [-0.4, -0.2) is 23.9 Å². The molecule has 0 spiro atoms. The van der Waals surface area contributed by atoms with Gasteiger partial charge in [0.1, 0.15) is 0 Å². The summed E-state index contributed by atoms with van der Waals surface area (Å²) in [6.45, 7) is 0. The molecule has 4 amide bonds. The molecule has 0 aromatic heterocycles. The second-order valence-corrected chi connectivity index (χ2v) is 7.79. The van der Waals surface area contributed by atoms with Crippen molar-refractivity contribution < 1.29 is 14.4 Å². The first-order valence-corrected chi connectivity index (χ1v) is 10.4. The van der Waals surface area contributed by atoms with E-state index in [1.165, 1.54) is 12.8 Å². The van der Waals surface area contributed by atoms with Gasteiger partial charge in [-0.15, -0.1) is 0 Å². The molecule has 28 heavy (non-hydrogen) atoms. The molecule has 0 atom stereocenters. The summed E-state index contributed by atoms with van der Waals surface area (Å²) in [5.74, 6) is -0.259. The van der Waals surface area contributed by atoms with E-state index in [1.807, 2.05) is 0 Å². The van der Waals surface area contributed by atoms with Gasteiger partial charge in [-0.3, -0.25) is 15.0 Å². The number of anilines is 1. The highest BCUT2D eigenvalue weighted by atomic mass is 16.2. The van der Waals surface area contributed by atoms with Gasteiger partial charge in [0.15, 0.2) is 0 Å². The monoisotopic (exact) mass is 386 g/mol. The standard InChI is InChI=1S/C21H30N4O3/c26-19(15-7-3-1-4-8-15)22-18-13-11-16(12-14-18)20(27)24-25-21(28)23-17-9-5-2-6-10-17/h11-15,17H,1-10H2,(H,22,26)(H,24,27)(H2,23,25,28). The number of nitrogens with one attached hydrogen (secondary N) is 4. The molecule has 7 nitrogen and oxygen atoms in total.